The summed E-state index contributed by atoms with van der Waals surface area (Å²) in [5, 5.41) is 5.93. The molecule has 0 aliphatic heterocycles. The highest BCUT2D eigenvalue weighted by molar-refractivity contribution is 7.88. The number of aryl methyl sites for hydroxylation is 1. The molecule has 1 aromatic carbocycles. The summed E-state index contributed by atoms with van der Waals surface area (Å²) < 4.78 is 24.2. The SMILES string of the molecule is CCCNc1cc(C)ccc1C(=O)NCCNS(C)(=O)=O. The zero-order chi connectivity index (χ0) is 15.9. The molecule has 0 atom stereocenters. The first kappa shape index (κ1) is 17.5. The van der Waals surface area contributed by atoms with E-state index in [-0.39, 0.29) is 19.0 Å². The van der Waals surface area contributed by atoms with E-state index in [0.717, 1.165) is 30.5 Å². The van der Waals surface area contributed by atoms with E-state index >= 15 is 0 Å². The van der Waals surface area contributed by atoms with Gasteiger partial charge in [-0.15, -0.1) is 0 Å². The van der Waals surface area contributed by atoms with Crippen LogP contribution in [0.5, 0.6) is 0 Å². The lowest BCUT2D eigenvalue weighted by Crippen LogP contribution is -2.34. The van der Waals surface area contributed by atoms with Crippen LogP contribution in [0.1, 0.15) is 29.3 Å². The smallest absolute Gasteiger partial charge is 0.253 e. The van der Waals surface area contributed by atoms with Crippen molar-refractivity contribution in [3.05, 3.63) is 29.3 Å². The van der Waals surface area contributed by atoms with Crippen molar-refractivity contribution in [2.75, 3.05) is 31.2 Å². The van der Waals surface area contributed by atoms with Gasteiger partial charge in [-0.2, -0.15) is 0 Å². The molecular weight excluding hydrogens is 290 g/mol. The molecule has 0 radical (unpaired) electrons. The fourth-order valence-corrected chi connectivity index (χ4v) is 2.24. The van der Waals surface area contributed by atoms with Crippen molar-refractivity contribution in [1.82, 2.24) is 10.0 Å². The van der Waals surface area contributed by atoms with Crippen LogP contribution in [-0.2, 0) is 10.0 Å². The molecule has 0 fully saturated rings. The van der Waals surface area contributed by atoms with Gasteiger partial charge in [0.15, 0.2) is 0 Å². The molecule has 0 heterocycles. The molecule has 0 unspecified atom stereocenters. The monoisotopic (exact) mass is 313 g/mol. The largest absolute Gasteiger partial charge is 0.384 e. The molecule has 7 heteroatoms. The maximum atomic E-state index is 12.1. The number of rotatable bonds is 8. The first-order valence-electron chi connectivity index (χ1n) is 6.91. The number of benzene rings is 1. The molecule has 1 aromatic rings. The molecule has 0 saturated heterocycles. The van der Waals surface area contributed by atoms with Gasteiger partial charge in [-0.1, -0.05) is 13.0 Å². The molecule has 6 nitrogen and oxygen atoms in total. The van der Waals surface area contributed by atoms with Crippen LogP contribution >= 0.6 is 0 Å². The van der Waals surface area contributed by atoms with Crippen molar-refractivity contribution in [1.29, 1.82) is 0 Å². The van der Waals surface area contributed by atoms with Crippen molar-refractivity contribution in [3.63, 3.8) is 0 Å². The second kappa shape index (κ2) is 7.99. The quantitative estimate of drug-likeness (QED) is 0.627. The second-order valence-electron chi connectivity index (χ2n) is 4.90. The Balaban J connectivity index is 2.64. The van der Waals surface area contributed by atoms with E-state index in [1.807, 2.05) is 19.1 Å². The van der Waals surface area contributed by atoms with E-state index in [9.17, 15) is 13.2 Å². The fraction of sp³-hybridized carbons (Fsp3) is 0.500. The number of sulfonamides is 1. The Morgan fingerprint density at radius 1 is 1.19 bits per heavy atom. The van der Waals surface area contributed by atoms with Crippen LogP contribution in [0.2, 0.25) is 0 Å². The predicted octanol–water partition coefficient (Wildman–Crippen LogP) is 1.10. The summed E-state index contributed by atoms with van der Waals surface area (Å²) >= 11 is 0. The van der Waals surface area contributed by atoms with Crippen LogP contribution in [0.25, 0.3) is 0 Å². The van der Waals surface area contributed by atoms with E-state index < -0.39 is 10.0 Å². The topological polar surface area (TPSA) is 87.3 Å². The van der Waals surface area contributed by atoms with E-state index in [1.54, 1.807) is 6.07 Å². The number of anilines is 1. The molecule has 0 aliphatic carbocycles. The van der Waals surface area contributed by atoms with Crippen LogP contribution in [-0.4, -0.2) is 40.2 Å². The molecule has 0 aromatic heterocycles. The van der Waals surface area contributed by atoms with Gasteiger partial charge in [-0.25, -0.2) is 13.1 Å². The van der Waals surface area contributed by atoms with Crippen molar-refractivity contribution in [3.8, 4) is 0 Å². The number of hydrogen-bond acceptors (Lipinski definition) is 4. The number of hydrogen-bond donors (Lipinski definition) is 3. The summed E-state index contributed by atoms with van der Waals surface area (Å²) in [4.78, 5) is 12.1. The van der Waals surface area contributed by atoms with Crippen LogP contribution < -0.4 is 15.4 Å². The van der Waals surface area contributed by atoms with Gasteiger partial charge in [0, 0.05) is 25.3 Å². The third-order valence-electron chi connectivity index (χ3n) is 2.76. The third-order valence-corrected chi connectivity index (χ3v) is 3.49. The molecule has 118 valence electrons. The van der Waals surface area contributed by atoms with Crippen molar-refractivity contribution in [2.45, 2.75) is 20.3 Å². The molecule has 0 spiro atoms. The Morgan fingerprint density at radius 2 is 1.90 bits per heavy atom. The Labute approximate surface area is 126 Å². The molecule has 21 heavy (non-hydrogen) atoms. The van der Waals surface area contributed by atoms with Gasteiger partial charge in [0.2, 0.25) is 10.0 Å². The molecule has 1 rings (SSSR count). The Kier molecular flexibility index (Phi) is 6.64. The highest BCUT2D eigenvalue weighted by Gasteiger charge is 2.11. The lowest BCUT2D eigenvalue weighted by atomic mass is 10.1. The van der Waals surface area contributed by atoms with Gasteiger partial charge in [-0.05, 0) is 31.0 Å². The summed E-state index contributed by atoms with van der Waals surface area (Å²) in [7, 11) is -3.23. The van der Waals surface area contributed by atoms with Gasteiger partial charge in [0.1, 0.15) is 0 Å². The first-order chi connectivity index (χ1) is 9.83. The van der Waals surface area contributed by atoms with Gasteiger partial charge in [0.05, 0.1) is 11.8 Å². The Bertz CT molecular complexity index is 585. The van der Waals surface area contributed by atoms with Crippen LogP contribution in [0.4, 0.5) is 5.69 Å². The summed E-state index contributed by atoms with van der Waals surface area (Å²) in [6.07, 6.45) is 2.05. The first-order valence-corrected chi connectivity index (χ1v) is 8.80. The van der Waals surface area contributed by atoms with Crippen molar-refractivity contribution < 1.29 is 13.2 Å². The Hall–Kier alpha value is -1.60. The second-order valence-corrected chi connectivity index (χ2v) is 6.73. The molecule has 0 aliphatic rings. The molecule has 0 bridgehead atoms. The average Bonchev–Trinajstić information content (AvgIpc) is 2.40. The summed E-state index contributed by atoms with van der Waals surface area (Å²) in [6, 6.07) is 5.58. The van der Waals surface area contributed by atoms with E-state index in [1.165, 1.54) is 0 Å². The normalized spacial score (nSPS) is 11.2. The minimum atomic E-state index is -3.23. The third kappa shape index (κ3) is 6.59. The number of amides is 1. The van der Waals surface area contributed by atoms with Gasteiger partial charge in [-0.3, -0.25) is 4.79 Å². The van der Waals surface area contributed by atoms with Gasteiger partial charge in [0.25, 0.3) is 5.91 Å². The number of nitrogens with one attached hydrogen (secondary N) is 3. The van der Waals surface area contributed by atoms with E-state index in [4.69, 9.17) is 0 Å². The van der Waals surface area contributed by atoms with Crippen LogP contribution in [0.3, 0.4) is 0 Å². The van der Waals surface area contributed by atoms with Gasteiger partial charge < -0.3 is 10.6 Å². The van der Waals surface area contributed by atoms with Crippen LogP contribution in [0, 0.1) is 6.92 Å². The zero-order valence-corrected chi connectivity index (χ0v) is 13.5. The summed E-state index contributed by atoms with van der Waals surface area (Å²) in [5.74, 6) is -0.219. The molecule has 3 N–H and O–H groups in total. The van der Waals surface area contributed by atoms with E-state index in [2.05, 4.69) is 22.3 Å². The summed E-state index contributed by atoms with van der Waals surface area (Å²) in [6.45, 7) is 5.23. The fourth-order valence-electron chi connectivity index (χ4n) is 1.77. The highest BCUT2D eigenvalue weighted by atomic mass is 32.2. The minimum Gasteiger partial charge on any atom is -0.384 e. The summed E-state index contributed by atoms with van der Waals surface area (Å²) in [5.41, 5.74) is 2.43. The zero-order valence-electron chi connectivity index (χ0n) is 12.7. The molecule has 0 saturated carbocycles. The van der Waals surface area contributed by atoms with Crippen molar-refractivity contribution in [2.24, 2.45) is 0 Å². The standard InChI is InChI=1S/C14H23N3O3S/c1-4-7-15-13-10-11(2)5-6-12(13)14(18)16-8-9-17-21(3,19)20/h5-6,10,15,17H,4,7-9H2,1-3H3,(H,16,18). The number of carbonyl (C=O) groups is 1. The number of carbonyl (C=O) groups excluding carboxylic acids is 1. The lowest BCUT2D eigenvalue weighted by molar-refractivity contribution is 0.0955. The van der Waals surface area contributed by atoms with Crippen molar-refractivity contribution >= 4 is 21.6 Å². The van der Waals surface area contributed by atoms with Crippen LogP contribution in [0.15, 0.2) is 18.2 Å². The maximum absolute atomic E-state index is 12.1. The molecular formula is C14H23N3O3S. The average molecular weight is 313 g/mol. The minimum absolute atomic E-state index is 0.175. The Morgan fingerprint density at radius 3 is 2.52 bits per heavy atom. The molecule has 1 amide bonds. The maximum Gasteiger partial charge on any atom is 0.253 e. The lowest BCUT2D eigenvalue weighted by Gasteiger charge is -2.13. The highest BCUT2D eigenvalue weighted by Crippen LogP contribution is 2.17. The predicted molar refractivity (Wildman–Crippen MR) is 85.1 cm³/mol. The van der Waals surface area contributed by atoms with Gasteiger partial charge >= 0.3 is 0 Å². The van der Waals surface area contributed by atoms with E-state index in [0.29, 0.717) is 5.56 Å².